The minimum Gasteiger partial charge on any atom is -0.495 e. The largest absolute Gasteiger partial charge is 0.495 e. The SMILES string of the molecule is COc1ccccc1NC(=O)[C@@H](C)OC(=O)[C@@H]1CCCN1S(=O)(=O)c1ccc(Cl)cc1. The first kappa shape index (κ1) is 23.1. The van der Waals surface area contributed by atoms with E-state index in [9.17, 15) is 18.0 Å². The Morgan fingerprint density at radius 2 is 1.84 bits per heavy atom. The Morgan fingerprint density at radius 3 is 2.52 bits per heavy atom. The molecule has 1 fully saturated rings. The zero-order valence-electron chi connectivity index (χ0n) is 17.1. The molecule has 0 aromatic heterocycles. The van der Waals surface area contributed by atoms with Crippen LogP contribution in [0.3, 0.4) is 0 Å². The zero-order valence-corrected chi connectivity index (χ0v) is 18.7. The highest BCUT2D eigenvalue weighted by molar-refractivity contribution is 7.89. The van der Waals surface area contributed by atoms with Crippen LogP contribution in [0.2, 0.25) is 5.02 Å². The molecule has 1 amide bonds. The number of carbonyl (C=O) groups is 2. The maximum atomic E-state index is 13.0. The lowest BCUT2D eigenvalue weighted by molar-refractivity contribution is -0.156. The maximum absolute atomic E-state index is 13.0. The fraction of sp³-hybridized carbons (Fsp3) is 0.333. The normalized spacial score (nSPS) is 17.7. The first-order chi connectivity index (χ1) is 14.7. The third-order valence-electron chi connectivity index (χ3n) is 4.92. The third-order valence-corrected chi connectivity index (χ3v) is 7.10. The second kappa shape index (κ2) is 9.67. The lowest BCUT2D eigenvalue weighted by atomic mass is 10.2. The number of ether oxygens (including phenoxy) is 2. The lowest BCUT2D eigenvalue weighted by Gasteiger charge is -2.24. The van der Waals surface area contributed by atoms with Crippen molar-refractivity contribution in [3.63, 3.8) is 0 Å². The van der Waals surface area contributed by atoms with Crippen LogP contribution in [-0.4, -0.2) is 50.4 Å². The molecule has 3 rings (SSSR count). The van der Waals surface area contributed by atoms with Gasteiger partial charge in [-0.25, -0.2) is 8.42 Å². The molecule has 0 unspecified atom stereocenters. The average Bonchev–Trinajstić information content (AvgIpc) is 3.25. The first-order valence-corrected chi connectivity index (χ1v) is 11.5. The first-order valence-electron chi connectivity index (χ1n) is 9.66. The van der Waals surface area contributed by atoms with E-state index in [1.54, 1.807) is 24.3 Å². The summed E-state index contributed by atoms with van der Waals surface area (Å²) < 4.78 is 37.6. The van der Waals surface area contributed by atoms with Crippen molar-refractivity contribution in [1.82, 2.24) is 4.31 Å². The van der Waals surface area contributed by atoms with E-state index in [4.69, 9.17) is 21.1 Å². The predicted molar refractivity (Wildman–Crippen MR) is 116 cm³/mol. The number of halogens is 1. The predicted octanol–water partition coefficient (Wildman–Crippen LogP) is 3.07. The van der Waals surface area contributed by atoms with Gasteiger partial charge >= 0.3 is 5.97 Å². The molecule has 31 heavy (non-hydrogen) atoms. The minimum absolute atomic E-state index is 0.0403. The van der Waals surface area contributed by atoms with Gasteiger partial charge in [0.15, 0.2) is 6.10 Å². The molecule has 10 heteroatoms. The summed E-state index contributed by atoms with van der Waals surface area (Å²) in [5.41, 5.74) is 0.436. The summed E-state index contributed by atoms with van der Waals surface area (Å²) in [6.45, 7) is 1.61. The molecule has 2 atom stereocenters. The zero-order chi connectivity index (χ0) is 22.6. The van der Waals surface area contributed by atoms with E-state index < -0.39 is 34.0 Å². The lowest BCUT2D eigenvalue weighted by Crippen LogP contribution is -2.43. The highest BCUT2D eigenvalue weighted by Gasteiger charge is 2.41. The molecule has 2 aromatic carbocycles. The number of hydrogen-bond acceptors (Lipinski definition) is 6. The van der Waals surface area contributed by atoms with Crippen LogP contribution in [0, 0.1) is 0 Å². The topological polar surface area (TPSA) is 102 Å². The monoisotopic (exact) mass is 466 g/mol. The fourth-order valence-electron chi connectivity index (χ4n) is 3.29. The fourth-order valence-corrected chi connectivity index (χ4v) is 5.07. The van der Waals surface area contributed by atoms with Crippen LogP contribution in [0.5, 0.6) is 5.75 Å². The number of amides is 1. The van der Waals surface area contributed by atoms with Crippen LogP contribution in [0.25, 0.3) is 0 Å². The van der Waals surface area contributed by atoms with Crippen molar-refractivity contribution in [3.8, 4) is 5.75 Å². The molecule has 166 valence electrons. The van der Waals surface area contributed by atoms with Gasteiger partial charge in [0.25, 0.3) is 5.91 Å². The Hall–Kier alpha value is -2.62. The summed E-state index contributed by atoms with van der Waals surface area (Å²) in [6.07, 6.45) is -0.306. The smallest absolute Gasteiger partial charge is 0.325 e. The molecule has 8 nitrogen and oxygen atoms in total. The summed E-state index contributed by atoms with van der Waals surface area (Å²) in [7, 11) is -2.43. The van der Waals surface area contributed by atoms with E-state index in [-0.39, 0.29) is 11.4 Å². The van der Waals surface area contributed by atoms with Gasteiger partial charge in [0.05, 0.1) is 17.7 Å². The number of sulfonamides is 1. The molecule has 0 saturated carbocycles. The van der Waals surface area contributed by atoms with E-state index in [1.807, 2.05) is 0 Å². The Bertz CT molecular complexity index is 1060. The van der Waals surface area contributed by atoms with Crippen LogP contribution in [0.15, 0.2) is 53.4 Å². The van der Waals surface area contributed by atoms with Gasteiger partial charge in [-0.05, 0) is 56.2 Å². The highest BCUT2D eigenvalue weighted by Crippen LogP contribution is 2.28. The van der Waals surface area contributed by atoms with Crippen molar-refractivity contribution in [3.05, 3.63) is 53.6 Å². The number of para-hydroxylation sites is 2. The van der Waals surface area contributed by atoms with Gasteiger partial charge in [-0.2, -0.15) is 4.31 Å². The molecule has 0 bridgehead atoms. The number of methoxy groups -OCH3 is 1. The van der Waals surface area contributed by atoms with Crippen molar-refractivity contribution in [2.75, 3.05) is 19.0 Å². The quantitative estimate of drug-likeness (QED) is 0.629. The third kappa shape index (κ3) is 5.17. The number of anilines is 1. The standard InChI is InChI=1S/C21H23ClN2O6S/c1-14(20(25)23-17-6-3-4-8-19(17)29-2)30-21(26)18-7-5-13-24(18)31(27,28)16-11-9-15(22)10-12-16/h3-4,6,8-12,14,18H,5,7,13H2,1-2H3,(H,23,25)/t14-,18+/m1/s1. The second-order valence-corrected chi connectivity index (χ2v) is 9.32. The van der Waals surface area contributed by atoms with Crippen LogP contribution in [-0.2, 0) is 24.3 Å². The molecular weight excluding hydrogens is 444 g/mol. The summed E-state index contributed by atoms with van der Waals surface area (Å²) in [6, 6.07) is 11.6. The Labute approximate surface area is 186 Å². The molecule has 0 aliphatic carbocycles. The number of rotatable bonds is 7. The Balaban J connectivity index is 1.68. The molecule has 2 aromatic rings. The van der Waals surface area contributed by atoms with E-state index >= 15 is 0 Å². The molecule has 1 N–H and O–H groups in total. The van der Waals surface area contributed by atoms with E-state index in [1.165, 1.54) is 38.3 Å². The van der Waals surface area contributed by atoms with Crippen molar-refractivity contribution < 1.29 is 27.5 Å². The summed E-state index contributed by atoms with van der Waals surface area (Å²) in [5, 5.41) is 3.05. The number of benzene rings is 2. The second-order valence-electron chi connectivity index (χ2n) is 7.00. The minimum atomic E-state index is -3.91. The van der Waals surface area contributed by atoms with Gasteiger partial charge in [-0.3, -0.25) is 9.59 Å². The van der Waals surface area contributed by atoms with E-state index in [2.05, 4.69) is 5.32 Å². The van der Waals surface area contributed by atoms with Crippen LogP contribution < -0.4 is 10.1 Å². The van der Waals surface area contributed by atoms with Crippen molar-refractivity contribution in [2.45, 2.75) is 36.8 Å². The molecule has 0 radical (unpaired) electrons. The van der Waals surface area contributed by atoms with Gasteiger partial charge in [0.2, 0.25) is 10.0 Å². The summed E-state index contributed by atoms with van der Waals surface area (Å²) in [4.78, 5) is 25.2. The number of nitrogens with zero attached hydrogens (tertiary/aromatic N) is 1. The molecule has 1 saturated heterocycles. The van der Waals surface area contributed by atoms with Gasteiger partial charge in [0, 0.05) is 11.6 Å². The Morgan fingerprint density at radius 1 is 1.16 bits per heavy atom. The molecular formula is C21H23ClN2O6S. The maximum Gasteiger partial charge on any atom is 0.325 e. The van der Waals surface area contributed by atoms with Crippen molar-refractivity contribution in [2.24, 2.45) is 0 Å². The highest BCUT2D eigenvalue weighted by atomic mass is 35.5. The molecule has 1 aliphatic rings. The summed E-state index contributed by atoms with van der Waals surface area (Å²) >= 11 is 5.84. The number of nitrogens with one attached hydrogen (secondary N) is 1. The number of carbonyl (C=O) groups excluding carboxylic acids is 2. The van der Waals surface area contributed by atoms with Gasteiger partial charge < -0.3 is 14.8 Å². The van der Waals surface area contributed by atoms with Gasteiger partial charge in [-0.1, -0.05) is 23.7 Å². The Kier molecular flexibility index (Phi) is 7.19. The van der Waals surface area contributed by atoms with E-state index in [0.29, 0.717) is 29.3 Å². The van der Waals surface area contributed by atoms with Crippen molar-refractivity contribution >= 4 is 39.2 Å². The number of hydrogen-bond donors (Lipinski definition) is 1. The van der Waals surface area contributed by atoms with E-state index in [0.717, 1.165) is 4.31 Å². The average molecular weight is 467 g/mol. The van der Waals surface area contributed by atoms with Crippen LogP contribution >= 0.6 is 11.6 Å². The van der Waals surface area contributed by atoms with Gasteiger partial charge in [0.1, 0.15) is 11.8 Å². The van der Waals surface area contributed by atoms with Gasteiger partial charge in [-0.15, -0.1) is 0 Å². The van der Waals surface area contributed by atoms with Crippen molar-refractivity contribution in [1.29, 1.82) is 0 Å². The molecule has 1 heterocycles. The molecule has 0 spiro atoms. The number of esters is 1. The summed E-state index contributed by atoms with van der Waals surface area (Å²) in [5.74, 6) is -0.855. The van der Waals surface area contributed by atoms with Crippen LogP contribution in [0.4, 0.5) is 5.69 Å². The van der Waals surface area contributed by atoms with Crippen LogP contribution in [0.1, 0.15) is 19.8 Å². The molecule has 1 aliphatic heterocycles.